The van der Waals surface area contributed by atoms with Crippen LogP contribution in [0.15, 0.2) is 70.4 Å². The van der Waals surface area contributed by atoms with Gasteiger partial charge in [-0.3, -0.25) is 9.36 Å². The summed E-state index contributed by atoms with van der Waals surface area (Å²) in [5, 5.41) is 10.1. The second kappa shape index (κ2) is 7.59. The van der Waals surface area contributed by atoms with Gasteiger partial charge in [0.1, 0.15) is 0 Å². The maximum atomic E-state index is 13.2. The van der Waals surface area contributed by atoms with E-state index in [-0.39, 0.29) is 24.1 Å². The molecule has 0 fully saturated rings. The highest BCUT2D eigenvalue weighted by Gasteiger charge is 2.30. The number of hydrogen-bond acceptors (Lipinski definition) is 5. The minimum Gasteiger partial charge on any atom is -0.405 e. The number of halogens is 3. The number of benzene rings is 2. The molecule has 11 heteroatoms. The van der Waals surface area contributed by atoms with Gasteiger partial charge in [0.05, 0.1) is 28.8 Å². The molecule has 0 saturated carbocycles. The molecule has 0 atom stereocenters. The smallest absolute Gasteiger partial charge is 0.405 e. The van der Waals surface area contributed by atoms with Crippen molar-refractivity contribution in [3.8, 4) is 11.7 Å². The zero-order chi connectivity index (χ0) is 22.2. The molecule has 0 aliphatic carbocycles. The van der Waals surface area contributed by atoms with Gasteiger partial charge in [0, 0.05) is 0 Å². The summed E-state index contributed by atoms with van der Waals surface area (Å²) < 4.78 is 46.6. The maximum absolute atomic E-state index is 13.2. The van der Waals surface area contributed by atoms with E-state index in [1.807, 2.05) is 0 Å². The van der Waals surface area contributed by atoms with Gasteiger partial charge in [-0.1, -0.05) is 23.8 Å². The molecule has 8 nitrogen and oxygen atoms in total. The first-order chi connectivity index (χ1) is 14.8. The highest BCUT2D eigenvalue weighted by atomic mass is 19.4. The van der Waals surface area contributed by atoms with Gasteiger partial charge in [-0.05, 0) is 42.5 Å². The quantitative estimate of drug-likeness (QED) is 0.492. The van der Waals surface area contributed by atoms with Gasteiger partial charge < -0.3 is 9.73 Å². The number of hydrogen-bond donors (Lipinski definition) is 1. The van der Waals surface area contributed by atoms with Gasteiger partial charge in [0.25, 0.3) is 0 Å². The number of para-hydroxylation sites is 2. The van der Waals surface area contributed by atoms with E-state index in [0.29, 0.717) is 11.0 Å². The van der Waals surface area contributed by atoms with E-state index in [2.05, 4.69) is 22.1 Å². The Balaban J connectivity index is 1.80. The number of imidazole rings is 1. The van der Waals surface area contributed by atoms with E-state index in [4.69, 9.17) is 4.42 Å². The molecule has 4 rings (SSSR count). The molecule has 0 radical (unpaired) electrons. The predicted octanol–water partition coefficient (Wildman–Crippen LogP) is 2.99. The summed E-state index contributed by atoms with van der Waals surface area (Å²) in [6.07, 6.45) is -3.40. The SMILES string of the molecule is C=CC(=O)NCc1nnc(-n2c(=O)n(-c3ccc(C(F)(F)F)cc3)c3ccccc32)o1. The number of nitrogens with zero attached hydrogens (tertiary/aromatic N) is 4. The van der Waals surface area contributed by atoms with Crippen LogP contribution in [0.5, 0.6) is 0 Å². The largest absolute Gasteiger partial charge is 0.416 e. The molecule has 4 aromatic rings. The highest BCUT2D eigenvalue weighted by Crippen LogP contribution is 2.30. The summed E-state index contributed by atoms with van der Waals surface area (Å²) in [4.78, 5) is 24.5. The summed E-state index contributed by atoms with van der Waals surface area (Å²) in [6.45, 7) is 3.27. The molecule has 2 heterocycles. The number of alkyl halides is 3. The zero-order valence-corrected chi connectivity index (χ0v) is 15.8. The van der Waals surface area contributed by atoms with Gasteiger partial charge in [-0.2, -0.15) is 13.2 Å². The monoisotopic (exact) mass is 429 g/mol. The van der Waals surface area contributed by atoms with Crippen molar-refractivity contribution in [2.75, 3.05) is 0 Å². The zero-order valence-electron chi connectivity index (χ0n) is 15.8. The highest BCUT2D eigenvalue weighted by molar-refractivity contribution is 5.86. The van der Waals surface area contributed by atoms with E-state index >= 15 is 0 Å². The van der Waals surface area contributed by atoms with Gasteiger partial charge in [0.15, 0.2) is 0 Å². The Morgan fingerprint density at radius 1 is 1.06 bits per heavy atom. The molecule has 0 aliphatic heterocycles. The molecule has 1 N–H and O–H groups in total. The molecule has 2 aromatic carbocycles. The lowest BCUT2D eigenvalue weighted by atomic mass is 10.2. The number of fused-ring (bicyclic) bond motifs is 1. The van der Waals surface area contributed by atoms with E-state index in [9.17, 15) is 22.8 Å². The lowest BCUT2D eigenvalue weighted by Crippen LogP contribution is -2.22. The van der Waals surface area contributed by atoms with Crippen LogP contribution in [0.1, 0.15) is 11.5 Å². The Labute approximate surface area is 172 Å². The number of carbonyl (C=O) groups excluding carboxylic acids is 1. The number of aromatic nitrogens is 4. The summed E-state index contributed by atoms with van der Waals surface area (Å²) in [5.41, 5.74) is -0.335. The maximum Gasteiger partial charge on any atom is 0.416 e. The van der Waals surface area contributed by atoms with Crippen LogP contribution in [0.25, 0.3) is 22.7 Å². The van der Waals surface area contributed by atoms with Crippen molar-refractivity contribution in [1.29, 1.82) is 0 Å². The van der Waals surface area contributed by atoms with E-state index in [1.165, 1.54) is 16.7 Å². The topological polar surface area (TPSA) is 95.0 Å². The number of carbonyl (C=O) groups is 1. The van der Waals surface area contributed by atoms with Crippen LogP contribution >= 0.6 is 0 Å². The molecule has 0 bridgehead atoms. The predicted molar refractivity (Wildman–Crippen MR) is 104 cm³/mol. The molecule has 0 spiro atoms. The Hall–Kier alpha value is -4.15. The van der Waals surface area contributed by atoms with Crippen molar-refractivity contribution < 1.29 is 22.4 Å². The van der Waals surface area contributed by atoms with Crippen molar-refractivity contribution in [2.24, 2.45) is 0 Å². The Bertz CT molecular complexity index is 1330. The lowest BCUT2D eigenvalue weighted by Gasteiger charge is -2.08. The fourth-order valence-electron chi connectivity index (χ4n) is 3.02. The molecule has 0 unspecified atom stereocenters. The minimum absolute atomic E-state index is 0.0588. The van der Waals surface area contributed by atoms with Crippen LogP contribution in [0.4, 0.5) is 13.2 Å². The van der Waals surface area contributed by atoms with Gasteiger partial charge in [0.2, 0.25) is 11.8 Å². The van der Waals surface area contributed by atoms with Crippen molar-refractivity contribution >= 4 is 16.9 Å². The molecular formula is C20H14F3N5O3. The minimum atomic E-state index is -4.49. The van der Waals surface area contributed by atoms with Crippen molar-refractivity contribution in [1.82, 2.24) is 24.6 Å². The van der Waals surface area contributed by atoms with Gasteiger partial charge in [-0.15, -0.1) is 5.10 Å². The summed E-state index contributed by atoms with van der Waals surface area (Å²) in [6, 6.07) is 10.8. The Kier molecular flexibility index (Phi) is 4.93. The van der Waals surface area contributed by atoms with Gasteiger partial charge in [-0.25, -0.2) is 9.36 Å². The van der Waals surface area contributed by atoms with Crippen molar-refractivity contribution in [2.45, 2.75) is 12.7 Å². The van der Waals surface area contributed by atoms with Crippen LogP contribution < -0.4 is 11.0 Å². The Morgan fingerprint density at radius 3 is 2.32 bits per heavy atom. The first-order valence-electron chi connectivity index (χ1n) is 8.93. The molecule has 1 amide bonds. The van der Waals surface area contributed by atoms with Crippen LogP contribution in [0.3, 0.4) is 0 Å². The second-order valence-electron chi connectivity index (χ2n) is 6.39. The third-order valence-electron chi connectivity index (χ3n) is 4.45. The third-order valence-corrected chi connectivity index (χ3v) is 4.45. The normalized spacial score (nSPS) is 11.6. The van der Waals surface area contributed by atoms with Gasteiger partial charge >= 0.3 is 17.9 Å². The summed E-state index contributed by atoms with van der Waals surface area (Å²) >= 11 is 0. The summed E-state index contributed by atoms with van der Waals surface area (Å²) in [7, 11) is 0. The van der Waals surface area contributed by atoms with E-state index < -0.39 is 23.3 Å². The first-order valence-corrected chi connectivity index (χ1v) is 8.93. The number of nitrogens with one attached hydrogen (secondary N) is 1. The average Bonchev–Trinajstić information content (AvgIpc) is 3.32. The van der Waals surface area contributed by atoms with E-state index in [1.54, 1.807) is 24.3 Å². The molecule has 158 valence electrons. The Morgan fingerprint density at radius 2 is 1.71 bits per heavy atom. The lowest BCUT2D eigenvalue weighted by molar-refractivity contribution is -0.137. The molecule has 2 aromatic heterocycles. The molecular weight excluding hydrogens is 415 g/mol. The van der Waals surface area contributed by atoms with Crippen LogP contribution in [0.2, 0.25) is 0 Å². The fourth-order valence-corrected chi connectivity index (χ4v) is 3.02. The second-order valence-corrected chi connectivity index (χ2v) is 6.39. The van der Waals surface area contributed by atoms with Crippen molar-refractivity contribution in [3.05, 3.63) is 83.1 Å². The number of amides is 1. The number of rotatable bonds is 5. The van der Waals surface area contributed by atoms with Crippen molar-refractivity contribution in [3.63, 3.8) is 0 Å². The van der Waals surface area contributed by atoms with Crippen LogP contribution in [-0.2, 0) is 17.5 Å². The first kappa shape index (κ1) is 20.1. The van der Waals surface area contributed by atoms with Crippen LogP contribution in [-0.4, -0.2) is 25.2 Å². The molecule has 0 aliphatic rings. The third kappa shape index (κ3) is 3.72. The average molecular weight is 429 g/mol. The van der Waals surface area contributed by atoms with E-state index in [0.717, 1.165) is 22.8 Å². The molecule has 31 heavy (non-hydrogen) atoms. The fraction of sp³-hybridized carbons (Fsp3) is 0.100. The standard InChI is InChI=1S/C20H14F3N5O3/c1-2-16(29)24-11-17-25-26-18(31-17)28-15-6-4-3-5-14(15)27(19(28)30)13-9-7-12(8-10-13)20(21,22)23/h2-10H,1,11H2,(H,24,29). The molecule has 0 saturated heterocycles. The summed E-state index contributed by atoms with van der Waals surface area (Å²) in [5.74, 6) is -0.376. The van der Waals surface area contributed by atoms with Crippen LogP contribution in [0, 0.1) is 0 Å².